The maximum atomic E-state index is 12.7. The van der Waals surface area contributed by atoms with E-state index in [1.807, 2.05) is 56.3 Å². The summed E-state index contributed by atoms with van der Waals surface area (Å²) in [5, 5.41) is 1.57. The molecule has 1 heterocycles. The molecule has 0 amide bonds. The molecule has 24 heavy (non-hydrogen) atoms. The maximum absolute atomic E-state index is 12.7. The minimum Gasteiger partial charge on any atom is -0.241 e. The summed E-state index contributed by atoms with van der Waals surface area (Å²) in [5.74, 6) is -0.106. The zero-order valence-corrected chi connectivity index (χ0v) is 15.2. The van der Waals surface area contributed by atoms with Crippen molar-refractivity contribution in [2.75, 3.05) is 5.75 Å². The van der Waals surface area contributed by atoms with E-state index in [2.05, 4.69) is 6.58 Å². The van der Waals surface area contributed by atoms with E-state index in [9.17, 15) is 8.42 Å². The Labute approximate surface area is 147 Å². The zero-order chi connectivity index (χ0) is 17.5. The van der Waals surface area contributed by atoms with Crippen molar-refractivity contribution in [3.8, 4) is 11.1 Å². The third kappa shape index (κ3) is 2.76. The van der Waals surface area contributed by atoms with E-state index in [1.54, 1.807) is 0 Å². The fourth-order valence-electron chi connectivity index (χ4n) is 3.07. The number of rotatable bonds is 4. The van der Waals surface area contributed by atoms with Crippen LogP contribution in [0.1, 0.15) is 11.3 Å². The van der Waals surface area contributed by atoms with Crippen LogP contribution in [0.5, 0.6) is 0 Å². The van der Waals surface area contributed by atoms with E-state index in [-0.39, 0.29) is 5.75 Å². The summed E-state index contributed by atoms with van der Waals surface area (Å²) in [6.07, 6.45) is 1.41. The fourth-order valence-corrected chi connectivity index (χ4v) is 4.61. The number of fused-ring (bicyclic) bond motifs is 1. The first-order chi connectivity index (χ1) is 11.3. The van der Waals surface area contributed by atoms with E-state index in [0.29, 0.717) is 16.2 Å². The van der Waals surface area contributed by atoms with Gasteiger partial charge in [-0.25, -0.2) is 12.4 Å². The van der Waals surface area contributed by atoms with E-state index in [4.69, 9.17) is 11.6 Å². The predicted octanol–water partition coefficient (Wildman–Crippen LogP) is 4.94. The van der Waals surface area contributed by atoms with Gasteiger partial charge in [0.15, 0.2) is 0 Å². The van der Waals surface area contributed by atoms with Crippen LogP contribution in [0.15, 0.2) is 55.1 Å². The Morgan fingerprint density at radius 3 is 2.42 bits per heavy atom. The summed E-state index contributed by atoms with van der Waals surface area (Å²) >= 11 is 5.99. The molecule has 0 aliphatic heterocycles. The highest BCUT2D eigenvalue weighted by Crippen LogP contribution is 2.36. The quantitative estimate of drug-likeness (QED) is 0.619. The fraction of sp³-hybridized carbons (Fsp3) is 0.158. The van der Waals surface area contributed by atoms with Crippen LogP contribution in [-0.2, 0) is 10.0 Å². The molecular formula is C19H18ClNO2S. The number of hydrogen-bond acceptors (Lipinski definition) is 2. The third-order valence-corrected chi connectivity index (χ3v) is 5.98. The molecule has 3 rings (SSSR count). The van der Waals surface area contributed by atoms with Gasteiger partial charge in [0.1, 0.15) is 0 Å². The van der Waals surface area contributed by atoms with Crippen LogP contribution in [0, 0.1) is 13.8 Å². The van der Waals surface area contributed by atoms with E-state index in [1.165, 1.54) is 10.0 Å². The van der Waals surface area contributed by atoms with Crippen molar-refractivity contribution in [1.29, 1.82) is 0 Å². The first-order valence-electron chi connectivity index (χ1n) is 7.57. The van der Waals surface area contributed by atoms with E-state index >= 15 is 0 Å². The van der Waals surface area contributed by atoms with Gasteiger partial charge < -0.3 is 0 Å². The highest BCUT2D eigenvalue weighted by Gasteiger charge is 2.23. The van der Waals surface area contributed by atoms with Gasteiger partial charge in [0.05, 0.1) is 11.3 Å². The summed E-state index contributed by atoms with van der Waals surface area (Å²) in [6.45, 7) is 7.39. The average Bonchev–Trinajstić information content (AvgIpc) is 2.80. The van der Waals surface area contributed by atoms with Crippen molar-refractivity contribution in [1.82, 2.24) is 3.97 Å². The van der Waals surface area contributed by atoms with Gasteiger partial charge in [-0.1, -0.05) is 41.4 Å². The number of halogens is 1. The highest BCUT2D eigenvalue weighted by molar-refractivity contribution is 7.90. The summed E-state index contributed by atoms with van der Waals surface area (Å²) in [7, 11) is -3.50. The molecule has 0 spiro atoms. The molecule has 0 aliphatic rings. The molecule has 0 radical (unpaired) electrons. The Hall–Kier alpha value is -2.04. The highest BCUT2D eigenvalue weighted by atomic mass is 35.5. The van der Waals surface area contributed by atoms with Gasteiger partial charge in [0, 0.05) is 21.7 Å². The van der Waals surface area contributed by atoms with Crippen molar-refractivity contribution in [2.24, 2.45) is 0 Å². The molecule has 5 heteroatoms. The Bertz CT molecular complexity index is 1030. The van der Waals surface area contributed by atoms with Gasteiger partial charge in [-0.05, 0) is 43.7 Å². The van der Waals surface area contributed by atoms with Gasteiger partial charge in [-0.2, -0.15) is 0 Å². The van der Waals surface area contributed by atoms with Crippen molar-refractivity contribution in [3.05, 3.63) is 71.4 Å². The molecule has 0 aliphatic carbocycles. The average molecular weight is 360 g/mol. The van der Waals surface area contributed by atoms with Gasteiger partial charge >= 0.3 is 0 Å². The second-order valence-corrected chi connectivity index (χ2v) is 8.12. The van der Waals surface area contributed by atoms with Crippen LogP contribution in [0.25, 0.3) is 22.0 Å². The van der Waals surface area contributed by atoms with Gasteiger partial charge in [-0.3, -0.25) is 0 Å². The van der Waals surface area contributed by atoms with Gasteiger partial charge in [0.25, 0.3) is 0 Å². The summed E-state index contributed by atoms with van der Waals surface area (Å²) < 4.78 is 26.9. The van der Waals surface area contributed by atoms with Gasteiger partial charge in [-0.15, -0.1) is 6.58 Å². The van der Waals surface area contributed by atoms with Crippen molar-refractivity contribution < 1.29 is 8.42 Å². The molecule has 3 aromatic rings. The van der Waals surface area contributed by atoms with E-state index in [0.717, 1.165) is 22.1 Å². The Balaban J connectivity index is 2.42. The standard InChI is InChI=1S/C19H18ClNO2S/c1-4-11-24(22,23)21-14(3)19(15-6-8-16(20)9-7-15)17-12-13(2)5-10-18(17)21/h4-10,12H,1,11H2,2-3H3. The number of aromatic nitrogens is 1. The largest absolute Gasteiger partial charge is 0.242 e. The summed E-state index contributed by atoms with van der Waals surface area (Å²) in [5.41, 5.74) is 4.32. The van der Waals surface area contributed by atoms with Crippen molar-refractivity contribution in [3.63, 3.8) is 0 Å². The summed E-state index contributed by atoms with van der Waals surface area (Å²) in [6, 6.07) is 13.3. The minimum atomic E-state index is -3.50. The Morgan fingerprint density at radius 2 is 1.79 bits per heavy atom. The molecule has 0 fully saturated rings. The monoisotopic (exact) mass is 359 g/mol. The summed E-state index contributed by atoms with van der Waals surface area (Å²) in [4.78, 5) is 0. The number of aryl methyl sites for hydroxylation is 1. The lowest BCUT2D eigenvalue weighted by Gasteiger charge is -2.08. The van der Waals surface area contributed by atoms with Crippen LogP contribution in [0.3, 0.4) is 0 Å². The normalized spacial score (nSPS) is 11.8. The smallest absolute Gasteiger partial charge is 0.241 e. The third-order valence-electron chi connectivity index (χ3n) is 4.05. The van der Waals surface area contributed by atoms with Crippen molar-refractivity contribution >= 4 is 32.5 Å². The van der Waals surface area contributed by atoms with Crippen LogP contribution < -0.4 is 0 Å². The zero-order valence-electron chi connectivity index (χ0n) is 13.6. The van der Waals surface area contributed by atoms with Crippen LogP contribution in [-0.4, -0.2) is 18.1 Å². The maximum Gasteiger partial charge on any atom is 0.242 e. The molecule has 0 bridgehead atoms. The molecular weight excluding hydrogens is 342 g/mol. The first kappa shape index (κ1) is 16.8. The van der Waals surface area contributed by atoms with Crippen LogP contribution >= 0.6 is 11.6 Å². The molecule has 1 aromatic heterocycles. The topological polar surface area (TPSA) is 39.1 Å². The number of benzene rings is 2. The first-order valence-corrected chi connectivity index (χ1v) is 9.55. The lowest BCUT2D eigenvalue weighted by atomic mass is 10.0. The Morgan fingerprint density at radius 1 is 1.12 bits per heavy atom. The van der Waals surface area contributed by atoms with Crippen molar-refractivity contribution in [2.45, 2.75) is 13.8 Å². The van der Waals surface area contributed by atoms with Crippen LogP contribution in [0.4, 0.5) is 0 Å². The second-order valence-electron chi connectivity index (χ2n) is 5.82. The Kier molecular flexibility index (Phi) is 4.28. The predicted molar refractivity (Wildman–Crippen MR) is 101 cm³/mol. The lowest BCUT2D eigenvalue weighted by Crippen LogP contribution is -2.16. The molecule has 0 N–H and O–H groups in total. The number of nitrogens with zero attached hydrogens (tertiary/aromatic N) is 1. The SMILES string of the molecule is C=CCS(=O)(=O)n1c(C)c(-c2ccc(Cl)cc2)c2cc(C)ccc21. The molecule has 0 saturated heterocycles. The lowest BCUT2D eigenvalue weighted by molar-refractivity contribution is 0.591. The number of hydrogen-bond donors (Lipinski definition) is 0. The second kappa shape index (κ2) is 6.11. The molecule has 2 aromatic carbocycles. The molecule has 0 unspecified atom stereocenters. The molecule has 0 atom stereocenters. The van der Waals surface area contributed by atoms with E-state index < -0.39 is 10.0 Å². The minimum absolute atomic E-state index is 0.106. The van der Waals surface area contributed by atoms with Gasteiger partial charge in [0.2, 0.25) is 10.0 Å². The molecule has 124 valence electrons. The molecule has 3 nitrogen and oxygen atoms in total. The molecule has 0 saturated carbocycles. The van der Waals surface area contributed by atoms with Crippen LogP contribution in [0.2, 0.25) is 5.02 Å².